The molecule has 0 unspecified atom stereocenters. The molecular weight excluding hydrogens is 498 g/mol. The monoisotopic (exact) mass is 523 g/mol. The third-order valence-corrected chi connectivity index (χ3v) is 6.51. The molecule has 1 heterocycles. The highest BCUT2D eigenvalue weighted by Crippen LogP contribution is 2.42. The van der Waals surface area contributed by atoms with Gasteiger partial charge in [-0.15, -0.1) is 0 Å². The van der Waals surface area contributed by atoms with Gasteiger partial charge in [-0.1, -0.05) is 72.8 Å². The lowest BCUT2D eigenvalue weighted by Gasteiger charge is -2.46. The van der Waals surface area contributed by atoms with Crippen LogP contribution in [0.25, 0.3) is 0 Å². The average Bonchev–Trinajstić information content (AvgIpc) is 2.95. The van der Waals surface area contributed by atoms with Crippen molar-refractivity contribution in [2.75, 3.05) is 11.5 Å². The number of carbonyl (C=O) groups excluding carboxylic acids is 1. The number of carboxylic acid groups (broad SMARTS) is 1. The van der Waals surface area contributed by atoms with E-state index in [0.717, 1.165) is 16.7 Å². The molecule has 9 nitrogen and oxygen atoms in total. The highest BCUT2D eigenvalue weighted by molar-refractivity contribution is 6.02. The van der Waals surface area contributed by atoms with E-state index >= 15 is 0 Å². The summed E-state index contributed by atoms with van der Waals surface area (Å²) in [6.45, 7) is 0.245. The Bertz CT molecular complexity index is 1490. The number of nitrogens with zero attached hydrogens (tertiary/aromatic N) is 3. The first-order chi connectivity index (χ1) is 18.9. The number of nitro benzene ring substituents is 1. The van der Waals surface area contributed by atoms with Crippen LogP contribution in [0.15, 0.2) is 103 Å². The normalized spacial score (nSPS) is 14.6. The summed E-state index contributed by atoms with van der Waals surface area (Å²) in [7, 11) is 0. The number of aliphatic carboxylic acids is 1. The number of hydrogen-bond acceptors (Lipinski definition) is 6. The van der Waals surface area contributed by atoms with E-state index in [1.54, 1.807) is 23.1 Å². The number of carbonyl (C=O) groups is 2. The second kappa shape index (κ2) is 11.1. The first kappa shape index (κ1) is 25.5. The van der Waals surface area contributed by atoms with Gasteiger partial charge in [0.1, 0.15) is 11.9 Å². The number of fused-ring (bicyclic) bond motifs is 1. The molecule has 196 valence electrons. The van der Waals surface area contributed by atoms with Crippen molar-refractivity contribution in [2.45, 2.75) is 19.3 Å². The topological polar surface area (TPSA) is 113 Å². The maximum Gasteiger partial charge on any atom is 0.341 e. The molecule has 1 atom stereocenters. The van der Waals surface area contributed by atoms with Crippen molar-refractivity contribution in [3.05, 3.63) is 135 Å². The molecule has 5 rings (SSSR count). The van der Waals surface area contributed by atoms with Crippen molar-refractivity contribution in [1.29, 1.82) is 0 Å². The third-order valence-electron chi connectivity index (χ3n) is 6.51. The van der Waals surface area contributed by atoms with E-state index in [4.69, 9.17) is 9.84 Å². The van der Waals surface area contributed by atoms with Gasteiger partial charge in [-0.3, -0.25) is 14.9 Å². The summed E-state index contributed by atoms with van der Waals surface area (Å²) in [6, 6.07) is 30.7. The van der Waals surface area contributed by atoms with E-state index < -0.39 is 23.7 Å². The zero-order valence-corrected chi connectivity index (χ0v) is 20.8. The van der Waals surface area contributed by atoms with Crippen molar-refractivity contribution in [3.63, 3.8) is 0 Å². The van der Waals surface area contributed by atoms with Gasteiger partial charge in [0.25, 0.3) is 11.6 Å². The fourth-order valence-electron chi connectivity index (χ4n) is 4.76. The van der Waals surface area contributed by atoms with Crippen molar-refractivity contribution in [1.82, 2.24) is 4.90 Å². The molecule has 4 aromatic carbocycles. The number of benzene rings is 4. The van der Waals surface area contributed by atoms with E-state index in [1.165, 1.54) is 12.1 Å². The van der Waals surface area contributed by atoms with Gasteiger partial charge >= 0.3 is 5.97 Å². The van der Waals surface area contributed by atoms with E-state index in [2.05, 4.69) is 4.90 Å². The number of rotatable bonds is 9. The summed E-state index contributed by atoms with van der Waals surface area (Å²) in [4.78, 5) is 39.8. The average molecular weight is 524 g/mol. The van der Waals surface area contributed by atoms with Crippen LogP contribution < -0.4 is 9.64 Å². The van der Waals surface area contributed by atoms with Crippen LogP contribution in [0.1, 0.15) is 33.2 Å². The molecule has 0 spiro atoms. The van der Waals surface area contributed by atoms with E-state index in [0.29, 0.717) is 18.0 Å². The minimum Gasteiger partial charge on any atom is -0.482 e. The van der Waals surface area contributed by atoms with E-state index in [1.807, 2.05) is 72.8 Å². The maximum absolute atomic E-state index is 14.0. The molecular formula is C30H25N3O6. The summed E-state index contributed by atoms with van der Waals surface area (Å²) in [5.74, 6) is -1.01. The highest BCUT2D eigenvalue weighted by Gasteiger charge is 2.39. The molecule has 4 aromatic rings. The van der Waals surface area contributed by atoms with Gasteiger partial charge in [-0.2, -0.15) is 0 Å². The summed E-state index contributed by atoms with van der Waals surface area (Å²) >= 11 is 0. The Morgan fingerprint density at radius 2 is 1.44 bits per heavy atom. The van der Waals surface area contributed by atoms with Crippen LogP contribution in [0.2, 0.25) is 0 Å². The first-order valence-electron chi connectivity index (χ1n) is 12.3. The number of anilines is 1. The van der Waals surface area contributed by atoms with Gasteiger partial charge < -0.3 is 19.6 Å². The number of hydrogen-bond donors (Lipinski definition) is 1. The van der Waals surface area contributed by atoms with Crippen molar-refractivity contribution in [2.24, 2.45) is 0 Å². The molecule has 1 aliphatic heterocycles. The van der Waals surface area contributed by atoms with Crippen molar-refractivity contribution in [3.8, 4) is 5.75 Å². The highest BCUT2D eigenvalue weighted by atomic mass is 16.6. The molecule has 0 aromatic heterocycles. The zero-order chi connectivity index (χ0) is 27.4. The number of nitro groups is 1. The number of ether oxygens (including phenoxy) is 1. The Morgan fingerprint density at radius 1 is 0.846 bits per heavy atom. The number of non-ortho nitro benzene ring substituents is 1. The molecule has 1 aliphatic rings. The van der Waals surface area contributed by atoms with Gasteiger partial charge in [-0.05, 0) is 34.9 Å². The molecule has 1 amide bonds. The minimum absolute atomic E-state index is 0.153. The van der Waals surface area contributed by atoms with Gasteiger partial charge in [0, 0.05) is 25.2 Å². The predicted octanol–water partition coefficient (Wildman–Crippen LogP) is 5.42. The Kier molecular flexibility index (Phi) is 7.22. The Balaban J connectivity index is 1.64. The smallest absolute Gasteiger partial charge is 0.341 e. The van der Waals surface area contributed by atoms with Crippen LogP contribution in [0.5, 0.6) is 5.75 Å². The summed E-state index contributed by atoms with van der Waals surface area (Å²) in [6.07, 6.45) is -0.555. The first-order valence-corrected chi connectivity index (χ1v) is 12.3. The van der Waals surface area contributed by atoms with Crippen LogP contribution >= 0.6 is 0 Å². The van der Waals surface area contributed by atoms with Crippen LogP contribution in [0.4, 0.5) is 11.4 Å². The molecule has 0 aliphatic carbocycles. The van der Waals surface area contributed by atoms with Gasteiger partial charge in [0.05, 0.1) is 16.2 Å². The SMILES string of the molecule is O=C(O)COc1ccc([C@@H]2N(Cc3ccccc3)C(=O)c3cc([N+](=O)[O-])ccc3N2Cc2ccccc2)cc1. The lowest BCUT2D eigenvalue weighted by Crippen LogP contribution is -2.48. The van der Waals surface area contributed by atoms with Crippen LogP contribution in [0, 0.1) is 10.1 Å². The summed E-state index contributed by atoms with van der Waals surface area (Å²) < 4.78 is 5.31. The second-order valence-corrected chi connectivity index (χ2v) is 9.12. The number of carboxylic acids is 1. The molecule has 9 heteroatoms. The molecule has 0 radical (unpaired) electrons. The largest absolute Gasteiger partial charge is 0.482 e. The summed E-state index contributed by atoms with van der Waals surface area (Å²) in [5.41, 5.74) is 3.39. The Hall–Kier alpha value is -5.18. The maximum atomic E-state index is 14.0. The molecule has 0 saturated heterocycles. The van der Waals surface area contributed by atoms with Crippen LogP contribution in [0.3, 0.4) is 0 Å². The zero-order valence-electron chi connectivity index (χ0n) is 20.8. The van der Waals surface area contributed by atoms with Gasteiger partial charge in [0.15, 0.2) is 6.61 Å². The lowest BCUT2D eigenvalue weighted by atomic mass is 9.98. The van der Waals surface area contributed by atoms with Crippen LogP contribution in [-0.2, 0) is 17.9 Å². The lowest BCUT2D eigenvalue weighted by molar-refractivity contribution is -0.384. The molecule has 0 bridgehead atoms. The van der Waals surface area contributed by atoms with Gasteiger partial charge in [0.2, 0.25) is 0 Å². The van der Waals surface area contributed by atoms with Crippen molar-refractivity contribution < 1.29 is 24.4 Å². The third kappa shape index (κ3) is 5.57. The molecule has 0 saturated carbocycles. The fourth-order valence-corrected chi connectivity index (χ4v) is 4.76. The predicted molar refractivity (Wildman–Crippen MR) is 144 cm³/mol. The van der Waals surface area contributed by atoms with Gasteiger partial charge in [-0.25, -0.2) is 4.79 Å². The minimum atomic E-state index is -1.08. The quantitative estimate of drug-likeness (QED) is 0.230. The second-order valence-electron chi connectivity index (χ2n) is 9.12. The van der Waals surface area contributed by atoms with E-state index in [-0.39, 0.29) is 23.7 Å². The number of amides is 1. The van der Waals surface area contributed by atoms with E-state index in [9.17, 15) is 19.7 Å². The fraction of sp³-hybridized carbons (Fsp3) is 0.133. The molecule has 1 N–H and O–H groups in total. The van der Waals surface area contributed by atoms with Crippen molar-refractivity contribution >= 4 is 23.3 Å². The Labute approximate surface area is 224 Å². The van der Waals surface area contributed by atoms with Crippen LogP contribution in [-0.4, -0.2) is 33.4 Å². The summed E-state index contributed by atoms with van der Waals surface area (Å²) in [5, 5.41) is 20.5. The standard InChI is InChI=1S/C30H25N3O6/c34-28(35)20-39-25-14-11-23(12-15-25)29-31(18-21-7-3-1-4-8-21)27-16-13-24(33(37)38)17-26(27)30(36)32(29)19-22-9-5-2-6-10-22/h1-17,29H,18-20H2,(H,34,35)/t29-/m0/s1. The Morgan fingerprint density at radius 3 is 2.00 bits per heavy atom. The molecule has 0 fully saturated rings. The molecule has 39 heavy (non-hydrogen) atoms.